The maximum atomic E-state index is 11.5. The molecule has 2 N–H and O–H groups in total. The Balaban J connectivity index is 2.07. The minimum absolute atomic E-state index is 0.505. The Morgan fingerprint density at radius 1 is 1.22 bits per heavy atom. The predicted molar refractivity (Wildman–Crippen MR) is 71.9 cm³/mol. The van der Waals surface area contributed by atoms with E-state index in [2.05, 4.69) is 9.88 Å². The number of aromatic nitrogens is 1. The van der Waals surface area contributed by atoms with Crippen molar-refractivity contribution in [3.63, 3.8) is 0 Å². The van der Waals surface area contributed by atoms with E-state index >= 15 is 0 Å². The van der Waals surface area contributed by atoms with Crippen molar-refractivity contribution in [2.75, 3.05) is 43.1 Å². The minimum Gasteiger partial charge on any atom is -0.397 e. The molecule has 1 aliphatic rings. The van der Waals surface area contributed by atoms with Gasteiger partial charge in [0.25, 0.3) is 0 Å². The fourth-order valence-electron chi connectivity index (χ4n) is 2.04. The molecule has 0 radical (unpaired) electrons. The maximum absolute atomic E-state index is 11.5. The van der Waals surface area contributed by atoms with Crippen molar-refractivity contribution in [1.82, 2.24) is 9.29 Å². The zero-order valence-corrected chi connectivity index (χ0v) is 11.2. The molecule has 2 heterocycles. The van der Waals surface area contributed by atoms with Crippen LogP contribution in [0.2, 0.25) is 0 Å². The summed E-state index contributed by atoms with van der Waals surface area (Å²) in [5.74, 6) is 0.847. The highest BCUT2D eigenvalue weighted by Crippen LogP contribution is 2.15. The molecule has 0 aliphatic carbocycles. The minimum atomic E-state index is -3.10. The molecule has 18 heavy (non-hydrogen) atoms. The number of hydrogen-bond acceptors (Lipinski definition) is 5. The van der Waals surface area contributed by atoms with Gasteiger partial charge in [-0.3, -0.25) is 0 Å². The number of nitrogen functional groups attached to an aromatic ring is 1. The van der Waals surface area contributed by atoms with E-state index in [1.54, 1.807) is 6.20 Å². The lowest BCUT2D eigenvalue weighted by atomic mass is 10.3. The van der Waals surface area contributed by atoms with Gasteiger partial charge in [0.15, 0.2) is 0 Å². The number of sulfonamides is 1. The van der Waals surface area contributed by atoms with Crippen LogP contribution in [-0.4, -0.2) is 50.1 Å². The second-order valence-electron chi connectivity index (χ2n) is 4.45. The van der Waals surface area contributed by atoms with Gasteiger partial charge in [0, 0.05) is 26.2 Å². The quantitative estimate of drug-likeness (QED) is 0.826. The van der Waals surface area contributed by atoms with Gasteiger partial charge in [-0.25, -0.2) is 17.7 Å². The molecule has 0 unspecified atom stereocenters. The van der Waals surface area contributed by atoms with Gasteiger partial charge in [0.05, 0.1) is 18.1 Å². The van der Waals surface area contributed by atoms with E-state index in [1.807, 2.05) is 12.1 Å². The maximum Gasteiger partial charge on any atom is 0.211 e. The van der Waals surface area contributed by atoms with Crippen molar-refractivity contribution in [3.8, 4) is 0 Å². The van der Waals surface area contributed by atoms with Gasteiger partial charge in [-0.15, -0.1) is 0 Å². The van der Waals surface area contributed by atoms with Crippen molar-refractivity contribution >= 4 is 21.5 Å². The molecule has 0 amide bonds. The molecule has 0 atom stereocenters. The number of rotatable bonds is 2. The van der Waals surface area contributed by atoms with Crippen molar-refractivity contribution in [1.29, 1.82) is 0 Å². The zero-order chi connectivity index (χ0) is 13.2. The van der Waals surface area contributed by atoms with Gasteiger partial charge in [-0.05, 0) is 18.6 Å². The normalized spacial score (nSPS) is 18.6. The summed E-state index contributed by atoms with van der Waals surface area (Å²) in [5.41, 5.74) is 6.23. The van der Waals surface area contributed by atoms with Gasteiger partial charge in [-0.1, -0.05) is 0 Å². The Bertz CT molecular complexity index is 500. The third-order valence-electron chi connectivity index (χ3n) is 3.02. The molecule has 6 nitrogen and oxygen atoms in total. The first kappa shape index (κ1) is 13.1. The smallest absolute Gasteiger partial charge is 0.211 e. The van der Waals surface area contributed by atoms with E-state index < -0.39 is 10.0 Å². The second-order valence-corrected chi connectivity index (χ2v) is 6.43. The van der Waals surface area contributed by atoms with Gasteiger partial charge in [0.1, 0.15) is 5.82 Å². The molecule has 0 spiro atoms. The highest BCUT2D eigenvalue weighted by atomic mass is 32.2. The Labute approximate surface area is 107 Å². The molecule has 0 aromatic carbocycles. The van der Waals surface area contributed by atoms with Crippen LogP contribution in [0.1, 0.15) is 6.42 Å². The average molecular weight is 270 g/mol. The van der Waals surface area contributed by atoms with E-state index in [0.29, 0.717) is 25.3 Å². The average Bonchev–Trinajstić information content (AvgIpc) is 2.55. The van der Waals surface area contributed by atoms with E-state index in [0.717, 1.165) is 18.8 Å². The first-order valence-electron chi connectivity index (χ1n) is 5.88. The molecule has 1 saturated heterocycles. The van der Waals surface area contributed by atoms with Crippen LogP contribution in [0.4, 0.5) is 11.5 Å². The molecule has 2 rings (SSSR count). The Morgan fingerprint density at radius 2 is 2.00 bits per heavy atom. The van der Waals surface area contributed by atoms with Gasteiger partial charge in [0.2, 0.25) is 10.0 Å². The third kappa shape index (κ3) is 3.11. The summed E-state index contributed by atoms with van der Waals surface area (Å²) >= 11 is 0. The molecule has 1 aromatic rings. The number of nitrogens with zero attached hydrogens (tertiary/aromatic N) is 3. The van der Waals surface area contributed by atoms with Crippen LogP contribution in [0.25, 0.3) is 0 Å². The fourth-order valence-corrected chi connectivity index (χ4v) is 2.91. The van der Waals surface area contributed by atoms with Gasteiger partial charge < -0.3 is 10.6 Å². The molecule has 1 aromatic heterocycles. The SMILES string of the molecule is CS(=O)(=O)N1CCCN(c2ccc(N)cn2)CC1. The summed E-state index contributed by atoms with van der Waals surface area (Å²) in [4.78, 5) is 6.35. The summed E-state index contributed by atoms with van der Waals surface area (Å²) in [6.07, 6.45) is 3.68. The van der Waals surface area contributed by atoms with Crippen molar-refractivity contribution in [3.05, 3.63) is 18.3 Å². The zero-order valence-electron chi connectivity index (χ0n) is 10.4. The van der Waals surface area contributed by atoms with Crippen molar-refractivity contribution in [2.45, 2.75) is 6.42 Å². The third-order valence-corrected chi connectivity index (χ3v) is 4.32. The lowest BCUT2D eigenvalue weighted by Crippen LogP contribution is -2.34. The molecular formula is C11H18N4O2S. The number of pyridine rings is 1. The van der Waals surface area contributed by atoms with E-state index in [1.165, 1.54) is 10.6 Å². The first-order chi connectivity index (χ1) is 8.47. The van der Waals surface area contributed by atoms with Crippen molar-refractivity contribution in [2.24, 2.45) is 0 Å². The molecule has 1 aliphatic heterocycles. The lowest BCUT2D eigenvalue weighted by molar-refractivity contribution is 0.437. The monoisotopic (exact) mass is 270 g/mol. The van der Waals surface area contributed by atoms with Crippen LogP contribution in [0.3, 0.4) is 0 Å². The molecule has 100 valence electrons. The van der Waals surface area contributed by atoms with Crippen LogP contribution < -0.4 is 10.6 Å². The van der Waals surface area contributed by atoms with Crippen LogP contribution in [0.15, 0.2) is 18.3 Å². The number of hydrogen-bond donors (Lipinski definition) is 1. The van der Waals surface area contributed by atoms with E-state index in [-0.39, 0.29) is 0 Å². The summed E-state index contributed by atoms with van der Waals surface area (Å²) < 4.78 is 24.5. The number of nitrogens with two attached hydrogens (primary N) is 1. The predicted octanol–water partition coefficient (Wildman–Crippen LogP) is 0.136. The standard InChI is InChI=1S/C11H18N4O2S/c1-18(16,17)15-6-2-5-14(7-8-15)11-4-3-10(12)9-13-11/h3-4,9H,2,5-8,12H2,1H3. The fraction of sp³-hybridized carbons (Fsp3) is 0.545. The highest BCUT2D eigenvalue weighted by Gasteiger charge is 2.21. The van der Waals surface area contributed by atoms with Crippen LogP contribution in [0.5, 0.6) is 0 Å². The summed E-state index contributed by atoms with van der Waals surface area (Å²) in [6, 6.07) is 3.67. The Morgan fingerprint density at radius 3 is 2.61 bits per heavy atom. The molecule has 0 bridgehead atoms. The van der Waals surface area contributed by atoms with Crippen molar-refractivity contribution < 1.29 is 8.42 Å². The summed E-state index contributed by atoms with van der Waals surface area (Å²) in [6.45, 7) is 2.54. The van der Waals surface area contributed by atoms with Crippen LogP contribution in [-0.2, 0) is 10.0 Å². The molecule has 1 fully saturated rings. The Kier molecular flexibility index (Phi) is 3.72. The Hall–Kier alpha value is -1.34. The highest BCUT2D eigenvalue weighted by molar-refractivity contribution is 7.88. The summed E-state index contributed by atoms with van der Waals surface area (Å²) in [7, 11) is -3.10. The van der Waals surface area contributed by atoms with Crippen LogP contribution >= 0.6 is 0 Å². The lowest BCUT2D eigenvalue weighted by Gasteiger charge is -2.21. The topological polar surface area (TPSA) is 79.5 Å². The van der Waals surface area contributed by atoms with E-state index in [4.69, 9.17) is 5.73 Å². The molecule has 7 heteroatoms. The molecule has 0 saturated carbocycles. The largest absolute Gasteiger partial charge is 0.397 e. The van der Waals surface area contributed by atoms with Crippen LogP contribution in [0, 0.1) is 0 Å². The second kappa shape index (κ2) is 5.11. The van der Waals surface area contributed by atoms with Gasteiger partial charge >= 0.3 is 0 Å². The first-order valence-corrected chi connectivity index (χ1v) is 7.73. The summed E-state index contributed by atoms with van der Waals surface area (Å²) in [5, 5.41) is 0. The number of anilines is 2. The van der Waals surface area contributed by atoms with Gasteiger partial charge in [-0.2, -0.15) is 0 Å². The molecular weight excluding hydrogens is 252 g/mol. The van der Waals surface area contributed by atoms with E-state index in [9.17, 15) is 8.42 Å².